The van der Waals surface area contributed by atoms with Crippen molar-refractivity contribution in [2.24, 2.45) is 0 Å². The number of carbonyl (C=O) groups is 1. The number of nitrogens with two attached hydrogens (primary N) is 1. The Balaban J connectivity index is 3.52. The van der Waals surface area contributed by atoms with Crippen molar-refractivity contribution in [1.29, 1.82) is 0 Å². The van der Waals surface area contributed by atoms with Crippen molar-refractivity contribution in [3.8, 4) is 5.75 Å². The van der Waals surface area contributed by atoms with Crippen LogP contribution in [0.15, 0.2) is 12.1 Å². The minimum Gasteiger partial charge on any atom is -0.507 e. The number of phenols is 1. The van der Waals surface area contributed by atoms with E-state index >= 15 is 0 Å². The first-order chi connectivity index (χ1) is 6.43. The molecule has 0 aliphatic carbocycles. The largest absolute Gasteiger partial charge is 0.507 e. The van der Waals surface area contributed by atoms with Crippen molar-refractivity contribution in [2.45, 2.75) is 6.92 Å². The molecule has 0 aromatic heterocycles. The Labute approximate surface area is 79.1 Å². The summed E-state index contributed by atoms with van der Waals surface area (Å²) in [4.78, 5) is 20.8. The third-order valence-electron chi connectivity index (χ3n) is 1.67. The zero-order valence-corrected chi connectivity index (χ0v) is 7.35. The van der Waals surface area contributed by atoms with Gasteiger partial charge >= 0.3 is 0 Å². The number of hydrogen-bond acceptors (Lipinski definition) is 5. The molecule has 0 atom stereocenters. The molecular formula is C8H8N2O4. The van der Waals surface area contributed by atoms with Crippen molar-refractivity contribution in [3.05, 3.63) is 27.8 Å². The quantitative estimate of drug-likeness (QED) is 0.318. The maximum atomic E-state index is 11.0. The third kappa shape index (κ3) is 1.63. The minimum atomic E-state index is -0.757. The maximum Gasteiger partial charge on any atom is 0.285 e. The Kier molecular flexibility index (Phi) is 2.37. The molecule has 6 heteroatoms. The van der Waals surface area contributed by atoms with Gasteiger partial charge in [-0.15, -0.1) is 0 Å². The molecule has 0 radical (unpaired) electrons. The second kappa shape index (κ2) is 3.33. The van der Waals surface area contributed by atoms with Crippen LogP contribution in [0.4, 0.5) is 11.4 Å². The summed E-state index contributed by atoms with van der Waals surface area (Å²) < 4.78 is 0. The Hall–Kier alpha value is -2.11. The van der Waals surface area contributed by atoms with Crippen LogP contribution in [0.25, 0.3) is 0 Å². The number of anilines is 1. The van der Waals surface area contributed by atoms with E-state index in [1.54, 1.807) is 0 Å². The second-order valence-corrected chi connectivity index (χ2v) is 2.75. The molecule has 0 bridgehead atoms. The number of nitrogens with zero attached hydrogens (tertiary/aromatic N) is 1. The van der Waals surface area contributed by atoms with E-state index in [9.17, 15) is 20.0 Å². The van der Waals surface area contributed by atoms with Crippen molar-refractivity contribution < 1.29 is 14.8 Å². The standard InChI is InChI=1S/C8H8N2O4/c1-4(11)8-6(10(13)14)2-5(9)3-7(8)12/h2-3,12H,9H2,1H3. The van der Waals surface area contributed by atoms with E-state index in [2.05, 4.69) is 0 Å². The number of carbonyl (C=O) groups excluding carboxylic acids is 1. The highest BCUT2D eigenvalue weighted by Gasteiger charge is 2.22. The van der Waals surface area contributed by atoms with Crippen LogP contribution in [0.5, 0.6) is 5.75 Å². The van der Waals surface area contributed by atoms with Crippen LogP contribution < -0.4 is 5.73 Å². The maximum absolute atomic E-state index is 11.0. The van der Waals surface area contributed by atoms with Gasteiger partial charge in [0.2, 0.25) is 0 Å². The third-order valence-corrected chi connectivity index (χ3v) is 1.67. The summed E-state index contributed by atoms with van der Waals surface area (Å²) in [6.45, 7) is 1.14. The van der Waals surface area contributed by atoms with Gasteiger partial charge in [0, 0.05) is 17.8 Å². The normalized spacial score (nSPS) is 9.79. The van der Waals surface area contributed by atoms with E-state index in [4.69, 9.17) is 5.73 Å². The van der Waals surface area contributed by atoms with Crippen LogP contribution in [-0.2, 0) is 0 Å². The van der Waals surface area contributed by atoms with Crippen LogP contribution in [-0.4, -0.2) is 15.8 Å². The number of nitrogen functional groups attached to an aromatic ring is 1. The summed E-state index contributed by atoms with van der Waals surface area (Å²) >= 11 is 0. The Morgan fingerprint density at radius 1 is 1.57 bits per heavy atom. The molecule has 1 rings (SSSR count). The number of phenolic OH excluding ortho intramolecular Hbond substituents is 1. The fraction of sp³-hybridized carbons (Fsp3) is 0.125. The zero-order valence-electron chi connectivity index (χ0n) is 7.35. The van der Waals surface area contributed by atoms with Crippen molar-refractivity contribution >= 4 is 17.2 Å². The van der Waals surface area contributed by atoms with Gasteiger partial charge in [-0.3, -0.25) is 14.9 Å². The summed E-state index contributed by atoms with van der Waals surface area (Å²) in [6, 6.07) is 2.14. The van der Waals surface area contributed by atoms with Crippen LogP contribution in [0.2, 0.25) is 0 Å². The molecule has 0 saturated carbocycles. The molecule has 0 aliphatic rings. The SMILES string of the molecule is CC(=O)c1c(O)cc(N)cc1[N+](=O)[O-]. The van der Waals surface area contributed by atoms with E-state index in [0.29, 0.717) is 0 Å². The first-order valence-electron chi connectivity index (χ1n) is 3.71. The predicted octanol–water partition coefficient (Wildman–Crippen LogP) is 1.09. The van der Waals surface area contributed by atoms with Crippen LogP contribution >= 0.6 is 0 Å². The molecule has 0 unspecified atom stereocenters. The van der Waals surface area contributed by atoms with E-state index in [1.807, 2.05) is 0 Å². The van der Waals surface area contributed by atoms with E-state index < -0.39 is 22.1 Å². The Morgan fingerprint density at radius 2 is 2.14 bits per heavy atom. The molecule has 3 N–H and O–H groups in total. The number of rotatable bonds is 2. The summed E-state index contributed by atoms with van der Waals surface area (Å²) in [7, 11) is 0. The molecule has 0 saturated heterocycles. The van der Waals surface area contributed by atoms with Crippen LogP contribution in [0, 0.1) is 10.1 Å². The number of nitro groups is 1. The summed E-state index contributed by atoms with van der Waals surface area (Å²) in [5.74, 6) is -1.04. The van der Waals surface area contributed by atoms with Gasteiger partial charge in [-0.05, 0) is 6.92 Å². The van der Waals surface area contributed by atoms with Gasteiger partial charge in [0.05, 0.1) is 4.92 Å². The summed E-state index contributed by atoms with van der Waals surface area (Å²) in [6.07, 6.45) is 0. The number of ketones is 1. The van der Waals surface area contributed by atoms with Gasteiger partial charge in [-0.2, -0.15) is 0 Å². The fourth-order valence-electron chi connectivity index (χ4n) is 1.14. The van der Waals surface area contributed by atoms with Gasteiger partial charge in [0.1, 0.15) is 11.3 Å². The summed E-state index contributed by atoms with van der Waals surface area (Å²) in [5.41, 5.74) is 4.54. The van der Waals surface area contributed by atoms with Crippen molar-refractivity contribution in [2.75, 3.05) is 5.73 Å². The zero-order chi connectivity index (χ0) is 10.9. The van der Waals surface area contributed by atoms with Crippen molar-refractivity contribution in [1.82, 2.24) is 0 Å². The Bertz CT molecular complexity index is 414. The molecular weight excluding hydrogens is 188 g/mol. The molecule has 0 fully saturated rings. The molecule has 1 aromatic carbocycles. The van der Waals surface area contributed by atoms with Gasteiger partial charge < -0.3 is 10.8 Å². The molecule has 0 spiro atoms. The number of aromatic hydroxyl groups is 1. The Morgan fingerprint density at radius 3 is 2.57 bits per heavy atom. The van der Waals surface area contributed by atoms with Gasteiger partial charge in [-0.1, -0.05) is 0 Å². The van der Waals surface area contributed by atoms with E-state index in [-0.39, 0.29) is 11.3 Å². The summed E-state index contributed by atoms with van der Waals surface area (Å²) in [5, 5.41) is 19.8. The fourth-order valence-corrected chi connectivity index (χ4v) is 1.14. The average Bonchev–Trinajstić information content (AvgIpc) is 2.01. The highest BCUT2D eigenvalue weighted by atomic mass is 16.6. The number of nitro benzene ring substituents is 1. The predicted molar refractivity (Wildman–Crippen MR) is 49.2 cm³/mol. The highest BCUT2D eigenvalue weighted by molar-refractivity contribution is 6.01. The van der Waals surface area contributed by atoms with E-state index in [0.717, 1.165) is 19.1 Å². The van der Waals surface area contributed by atoms with Gasteiger partial charge in [0.15, 0.2) is 5.78 Å². The van der Waals surface area contributed by atoms with Crippen LogP contribution in [0.3, 0.4) is 0 Å². The minimum absolute atomic E-state index is 0.0409. The molecule has 1 aromatic rings. The average molecular weight is 196 g/mol. The second-order valence-electron chi connectivity index (χ2n) is 2.75. The smallest absolute Gasteiger partial charge is 0.285 e. The lowest BCUT2D eigenvalue weighted by Crippen LogP contribution is -2.02. The molecule has 6 nitrogen and oxygen atoms in total. The number of Topliss-reactive ketones (excluding diaryl/α,β-unsaturated/α-hetero) is 1. The lowest BCUT2D eigenvalue weighted by Gasteiger charge is -2.03. The molecule has 14 heavy (non-hydrogen) atoms. The molecule has 0 heterocycles. The molecule has 0 amide bonds. The number of hydrogen-bond donors (Lipinski definition) is 2. The van der Waals surface area contributed by atoms with Crippen LogP contribution in [0.1, 0.15) is 17.3 Å². The lowest BCUT2D eigenvalue weighted by molar-refractivity contribution is -0.385. The molecule has 0 aliphatic heterocycles. The van der Waals surface area contributed by atoms with Crippen molar-refractivity contribution in [3.63, 3.8) is 0 Å². The number of benzene rings is 1. The van der Waals surface area contributed by atoms with Gasteiger partial charge in [0.25, 0.3) is 5.69 Å². The molecule has 74 valence electrons. The topological polar surface area (TPSA) is 106 Å². The highest BCUT2D eigenvalue weighted by Crippen LogP contribution is 2.30. The monoisotopic (exact) mass is 196 g/mol. The van der Waals surface area contributed by atoms with Gasteiger partial charge in [-0.25, -0.2) is 0 Å². The van der Waals surface area contributed by atoms with E-state index in [1.165, 1.54) is 0 Å². The first-order valence-corrected chi connectivity index (χ1v) is 3.71. The lowest BCUT2D eigenvalue weighted by atomic mass is 10.1. The first kappa shape index (κ1) is 9.97.